The summed E-state index contributed by atoms with van der Waals surface area (Å²) in [6.45, 7) is 3.92. The summed E-state index contributed by atoms with van der Waals surface area (Å²) in [4.78, 5) is 28.8. The van der Waals surface area contributed by atoms with Crippen LogP contribution in [0, 0.1) is 10.1 Å². The van der Waals surface area contributed by atoms with Crippen molar-refractivity contribution in [3.8, 4) is 0 Å². The van der Waals surface area contributed by atoms with Crippen molar-refractivity contribution in [3.63, 3.8) is 0 Å². The lowest BCUT2D eigenvalue weighted by atomic mass is 10.3. The van der Waals surface area contributed by atoms with E-state index in [0.717, 1.165) is 6.33 Å². The van der Waals surface area contributed by atoms with Crippen molar-refractivity contribution in [3.05, 3.63) is 16.4 Å². The number of rotatable bonds is 6. The maximum absolute atomic E-state index is 11.4. The number of carbonyl (C=O) groups excluding carboxylic acids is 1. The predicted molar refractivity (Wildman–Crippen MR) is 69.5 cm³/mol. The second kappa shape index (κ2) is 6.47. The first-order valence-electron chi connectivity index (χ1n) is 5.70. The smallest absolute Gasteiger partial charge is 0.352 e. The van der Waals surface area contributed by atoms with E-state index in [1.54, 1.807) is 0 Å². The Balaban J connectivity index is 2.61. The Kier molecular flexibility index (Phi) is 4.98. The number of nitrogens with one attached hydrogen (secondary N) is 2. The van der Waals surface area contributed by atoms with Gasteiger partial charge in [-0.3, -0.25) is 14.9 Å². The van der Waals surface area contributed by atoms with Crippen LogP contribution in [0.25, 0.3) is 0 Å². The zero-order chi connectivity index (χ0) is 14.4. The summed E-state index contributed by atoms with van der Waals surface area (Å²) in [7, 11) is 0. The Morgan fingerprint density at radius 2 is 2.21 bits per heavy atom. The molecule has 104 valence electrons. The van der Waals surface area contributed by atoms with Gasteiger partial charge < -0.3 is 16.4 Å². The van der Waals surface area contributed by atoms with Gasteiger partial charge in [0.1, 0.15) is 6.33 Å². The highest BCUT2D eigenvalue weighted by molar-refractivity contribution is 5.77. The Hall–Kier alpha value is -2.45. The molecular formula is C10H16N6O3. The zero-order valence-electron chi connectivity index (χ0n) is 10.7. The van der Waals surface area contributed by atoms with Gasteiger partial charge in [-0.15, -0.1) is 0 Å². The standard InChI is InChI=1S/C10H16N6O3/c1-6(2)15-7(17)3-4-12-10-8(16(18)19)9(11)13-5-14-10/h5-6H,3-4H2,1-2H3,(H,15,17)(H3,11,12,13,14). The number of anilines is 2. The number of hydrogen-bond donors (Lipinski definition) is 3. The van der Waals surface area contributed by atoms with Crippen LogP contribution in [0.3, 0.4) is 0 Å². The molecule has 0 spiro atoms. The monoisotopic (exact) mass is 268 g/mol. The summed E-state index contributed by atoms with van der Waals surface area (Å²) in [5.41, 5.74) is 5.03. The molecule has 19 heavy (non-hydrogen) atoms. The fourth-order valence-electron chi connectivity index (χ4n) is 1.39. The number of nitrogens with two attached hydrogens (primary N) is 1. The molecule has 1 heterocycles. The zero-order valence-corrected chi connectivity index (χ0v) is 10.7. The number of aromatic nitrogens is 2. The van der Waals surface area contributed by atoms with Gasteiger partial charge in [0.25, 0.3) is 0 Å². The maximum Gasteiger partial charge on any atom is 0.352 e. The number of hydrogen-bond acceptors (Lipinski definition) is 7. The topological polar surface area (TPSA) is 136 Å². The van der Waals surface area contributed by atoms with Gasteiger partial charge in [-0.25, -0.2) is 9.97 Å². The minimum absolute atomic E-state index is 0.00912. The minimum atomic E-state index is -0.661. The molecule has 0 saturated heterocycles. The van der Waals surface area contributed by atoms with E-state index in [-0.39, 0.29) is 42.2 Å². The van der Waals surface area contributed by atoms with Gasteiger partial charge in [0.15, 0.2) is 0 Å². The van der Waals surface area contributed by atoms with Crippen LogP contribution in [0.5, 0.6) is 0 Å². The molecule has 9 nitrogen and oxygen atoms in total. The largest absolute Gasteiger partial charge is 0.378 e. The van der Waals surface area contributed by atoms with Gasteiger partial charge in [0.05, 0.1) is 4.92 Å². The second-order valence-electron chi connectivity index (χ2n) is 4.11. The Morgan fingerprint density at radius 3 is 2.79 bits per heavy atom. The quantitative estimate of drug-likeness (QED) is 0.498. The van der Waals surface area contributed by atoms with Crippen LogP contribution in [0.4, 0.5) is 17.3 Å². The summed E-state index contributed by atoms with van der Waals surface area (Å²) in [5, 5.41) is 16.2. The Morgan fingerprint density at radius 1 is 1.53 bits per heavy atom. The lowest BCUT2D eigenvalue weighted by molar-refractivity contribution is -0.383. The lowest BCUT2D eigenvalue weighted by Crippen LogP contribution is -2.31. The minimum Gasteiger partial charge on any atom is -0.378 e. The van der Waals surface area contributed by atoms with Crippen LogP contribution in [0.1, 0.15) is 20.3 Å². The van der Waals surface area contributed by atoms with E-state index in [2.05, 4.69) is 20.6 Å². The molecule has 4 N–H and O–H groups in total. The van der Waals surface area contributed by atoms with Gasteiger partial charge in [0, 0.05) is 19.0 Å². The van der Waals surface area contributed by atoms with E-state index in [1.807, 2.05) is 13.8 Å². The fourth-order valence-corrected chi connectivity index (χ4v) is 1.39. The average molecular weight is 268 g/mol. The molecule has 0 aliphatic carbocycles. The van der Waals surface area contributed by atoms with Gasteiger partial charge in [-0.05, 0) is 13.8 Å². The van der Waals surface area contributed by atoms with Crippen molar-refractivity contribution in [2.75, 3.05) is 17.6 Å². The molecule has 0 fully saturated rings. The van der Waals surface area contributed by atoms with E-state index in [4.69, 9.17) is 5.73 Å². The number of nitrogens with zero attached hydrogens (tertiary/aromatic N) is 3. The predicted octanol–water partition coefficient (Wildman–Crippen LogP) is 0.294. The van der Waals surface area contributed by atoms with Crippen molar-refractivity contribution in [2.24, 2.45) is 0 Å². The van der Waals surface area contributed by atoms with Gasteiger partial charge in [-0.2, -0.15) is 0 Å². The molecule has 0 unspecified atom stereocenters. The van der Waals surface area contributed by atoms with Crippen LogP contribution < -0.4 is 16.4 Å². The highest BCUT2D eigenvalue weighted by Crippen LogP contribution is 2.25. The van der Waals surface area contributed by atoms with E-state index >= 15 is 0 Å². The maximum atomic E-state index is 11.4. The summed E-state index contributed by atoms with van der Waals surface area (Å²) in [6, 6.07) is 0.0523. The molecule has 0 saturated carbocycles. The molecule has 1 aromatic rings. The van der Waals surface area contributed by atoms with E-state index in [0.29, 0.717) is 0 Å². The normalized spacial score (nSPS) is 10.3. The summed E-state index contributed by atoms with van der Waals surface area (Å²) in [6.07, 6.45) is 1.30. The molecule has 0 aliphatic heterocycles. The molecule has 1 amide bonds. The van der Waals surface area contributed by atoms with Crippen LogP contribution in [0.2, 0.25) is 0 Å². The van der Waals surface area contributed by atoms with Crippen molar-refractivity contribution in [1.29, 1.82) is 0 Å². The third-order valence-electron chi connectivity index (χ3n) is 2.13. The summed E-state index contributed by atoms with van der Waals surface area (Å²) >= 11 is 0. The third-order valence-corrected chi connectivity index (χ3v) is 2.13. The molecule has 0 aliphatic rings. The molecule has 1 aromatic heterocycles. The van der Waals surface area contributed by atoms with Gasteiger partial charge >= 0.3 is 5.69 Å². The van der Waals surface area contributed by atoms with Crippen molar-refractivity contribution in [2.45, 2.75) is 26.3 Å². The van der Waals surface area contributed by atoms with Crippen molar-refractivity contribution >= 4 is 23.2 Å². The molecule has 9 heteroatoms. The Bertz CT molecular complexity index is 476. The SMILES string of the molecule is CC(C)NC(=O)CCNc1ncnc(N)c1[N+](=O)[O-]. The molecule has 0 aromatic carbocycles. The van der Waals surface area contributed by atoms with Crippen molar-refractivity contribution in [1.82, 2.24) is 15.3 Å². The van der Waals surface area contributed by atoms with Gasteiger partial charge in [-0.1, -0.05) is 0 Å². The Labute approximate surface area is 109 Å². The van der Waals surface area contributed by atoms with Crippen LogP contribution in [0.15, 0.2) is 6.33 Å². The molecule has 0 bridgehead atoms. The number of nitro groups is 1. The molecular weight excluding hydrogens is 252 g/mol. The van der Waals surface area contributed by atoms with Crippen LogP contribution >= 0.6 is 0 Å². The molecule has 0 radical (unpaired) electrons. The van der Waals surface area contributed by atoms with E-state index in [1.165, 1.54) is 0 Å². The molecule has 0 atom stereocenters. The first-order valence-corrected chi connectivity index (χ1v) is 5.70. The number of nitrogen functional groups attached to an aromatic ring is 1. The summed E-state index contributed by atoms with van der Waals surface area (Å²) in [5.74, 6) is -0.351. The highest BCUT2D eigenvalue weighted by Gasteiger charge is 2.20. The lowest BCUT2D eigenvalue weighted by Gasteiger charge is -2.09. The molecule has 1 rings (SSSR count). The van der Waals surface area contributed by atoms with Crippen LogP contribution in [-0.4, -0.2) is 33.4 Å². The highest BCUT2D eigenvalue weighted by atomic mass is 16.6. The van der Waals surface area contributed by atoms with Gasteiger partial charge in [0.2, 0.25) is 17.5 Å². The van der Waals surface area contributed by atoms with Crippen LogP contribution in [-0.2, 0) is 4.79 Å². The first kappa shape index (κ1) is 14.6. The summed E-state index contributed by atoms with van der Waals surface area (Å²) < 4.78 is 0. The average Bonchev–Trinajstić information content (AvgIpc) is 2.27. The van der Waals surface area contributed by atoms with E-state index < -0.39 is 4.92 Å². The second-order valence-corrected chi connectivity index (χ2v) is 4.11. The van der Waals surface area contributed by atoms with Crippen molar-refractivity contribution < 1.29 is 9.72 Å². The first-order chi connectivity index (χ1) is 8.91. The number of amides is 1. The number of carbonyl (C=O) groups is 1. The fraction of sp³-hybridized carbons (Fsp3) is 0.500. The van der Waals surface area contributed by atoms with E-state index in [9.17, 15) is 14.9 Å². The third kappa shape index (κ3) is 4.37.